The van der Waals surface area contributed by atoms with E-state index in [1.807, 2.05) is 5.57 Å². The molecule has 0 radical (unpaired) electrons. The van der Waals surface area contributed by atoms with Gasteiger partial charge in [0.05, 0.1) is 0 Å². The first-order valence-corrected chi connectivity index (χ1v) is 4.02. The Hall–Kier alpha value is -0.260. The monoisotopic (exact) mass is 122 g/mol. The highest BCUT2D eigenvalue weighted by atomic mass is 14.5. The van der Waals surface area contributed by atoms with Crippen molar-refractivity contribution in [1.82, 2.24) is 0 Å². The maximum atomic E-state index is 2.31. The highest BCUT2D eigenvalue weighted by molar-refractivity contribution is 5.35. The van der Waals surface area contributed by atoms with Crippen LogP contribution in [0.3, 0.4) is 0 Å². The Morgan fingerprint density at radius 1 is 1.56 bits per heavy atom. The highest BCUT2D eigenvalue weighted by Gasteiger charge is 2.41. The number of allylic oxidation sites excluding steroid dienone is 2. The fraction of sp³-hybridized carbons (Fsp3) is 0.778. The quantitative estimate of drug-likeness (QED) is 0.469. The highest BCUT2D eigenvalue weighted by Crippen LogP contribution is 2.54. The Bertz CT molecular complexity index is 165. The van der Waals surface area contributed by atoms with Gasteiger partial charge in [-0.15, -0.1) is 0 Å². The Labute approximate surface area is 57.0 Å². The lowest BCUT2D eigenvalue weighted by molar-refractivity contribution is 0.256. The molecule has 1 unspecified atom stereocenters. The Balaban J connectivity index is 2.13. The van der Waals surface area contributed by atoms with Crippen molar-refractivity contribution in [2.75, 3.05) is 0 Å². The second kappa shape index (κ2) is 1.62. The largest absolute Gasteiger partial charge is 0.0730 e. The van der Waals surface area contributed by atoms with Crippen molar-refractivity contribution in [3.05, 3.63) is 11.1 Å². The van der Waals surface area contributed by atoms with Crippen LogP contribution in [-0.4, -0.2) is 0 Å². The molecule has 1 saturated carbocycles. The summed E-state index contributed by atoms with van der Waals surface area (Å²) in [6.07, 6.45) is 4.30. The molecule has 0 heteroatoms. The molecule has 2 aliphatic carbocycles. The van der Waals surface area contributed by atoms with E-state index in [0.29, 0.717) is 0 Å². The molecule has 50 valence electrons. The molecule has 0 N–H and O–H groups in total. The van der Waals surface area contributed by atoms with Gasteiger partial charge in [0.15, 0.2) is 0 Å². The van der Waals surface area contributed by atoms with Crippen molar-refractivity contribution >= 4 is 0 Å². The van der Waals surface area contributed by atoms with E-state index in [4.69, 9.17) is 0 Å². The van der Waals surface area contributed by atoms with Crippen LogP contribution in [0.1, 0.15) is 33.1 Å². The summed E-state index contributed by atoms with van der Waals surface area (Å²) in [5, 5.41) is 0. The lowest BCUT2D eigenvalue weighted by Crippen LogP contribution is -2.35. The van der Waals surface area contributed by atoms with E-state index in [-0.39, 0.29) is 0 Å². The van der Waals surface area contributed by atoms with Crippen LogP contribution in [0, 0.1) is 11.8 Å². The summed E-state index contributed by atoms with van der Waals surface area (Å²) in [4.78, 5) is 0. The Morgan fingerprint density at radius 2 is 2.33 bits per heavy atom. The molecule has 0 aromatic heterocycles. The average Bonchev–Trinajstić information content (AvgIpc) is 1.80. The smallest absolute Gasteiger partial charge is 0.0155 e. The zero-order valence-corrected chi connectivity index (χ0v) is 6.28. The van der Waals surface area contributed by atoms with E-state index in [1.54, 1.807) is 5.57 Å². The fourth-order valence-electron chi connectivity index (χ4n) is 2.40. The molecular weight excluding hydrogens is 108 g/mol. The van der Waals surface area contributed by atoms with Gasteiger partial charge in [-0.1, -0.05) is 18.1 Å². The van der Waals surface area contributed by atoms with Crippen LogP contribution in [0.5, 0.6) is 0 Å². The molecule has 0 spiro atoms. The van der Waals surface area contributed by atoms with Crippen LogP contribution in [0.25, 0.3) is 0 Å². The lowest BCUT2D eigenvalue weighted by Gasteiger charge is -2.48. The van der Waals surface area contributed by atoms with Crippen LogP contribution >= 0.6 is 0 Å². The van der Waals surface area contributed by atoms with Gasteiger partial charge in [-0.2, -0.15) is 0 Å². The molecule has 0 saturated heterocycles. The molecule has 0 amide bonds. The molecule has 0 bridgehead atoms. The van der Waals surface area contributed by atoms with Crippen LogP contribution < -0.4 is 0 Å². The van der Waals surface area contributed by atoms with Crippen LogP contribution in [0.15, 0.2) is 11.1 Å². The van der Waals surface area contributed by atoms with Crippen LogP contribution in [0.4, 0.5) is 0 Å². The van der Waals surface area contributed by atoms with Crippen LogP contribution in [-0.2, 0) is 0 Å². The molecule has 0 aromatic carbocycles. The van der Waals surface area contributed by atoms with Gasteiger partial charge in [-0.05, 0) is 38.0 Å². The molecule has 2 rings (SSSR count). The van der Waals surface area contributed by atoms with E-state index < -0.39 is 0 Å². The zero-order valence-electron chi connectivity index (χ0n) is 6.28. The third-order valence-corrected chi connectivity index (χ3v) is 2.99. The first kappa shape index (κ1) is 5.52. The third kappa shape index (κ3) is 0.540. The van der Waals surface area contributed by atoms with Gasteiger partial charge in [0.1, 0.15) is 0 Å². The minimum absolute atomic E-state index is 1.00. The van der Waals surface area contributed by atoms with Crippen molar-refractivity contribution < 1.29 is 0 Å². The maximum Gasteiger partial charge on any atom is -0.0155 e. The van der Waals surface area contributed by atoms with Crippen molar-refractivity contribution in [3.8, 4) is 0 Å². The van der Waals surface area contributed by atoms with Gasteiger partial charge in [0.25, 0.3) is 0 Å². The predicted octanol–water partition coefficient (Wildman–Crippen LogP) is 2.75. The molecular formula is C9H14. The second-order valence-electron chi connectivity index (χ2n) is 3.48. The first-order valence-electron chi connectivity index (χ1n) is 4.02. The molecule has 2 aliphatic rings. The first-order chi connectivity index (χ1) is 4.33. The SMILES string of the molecule is CCC1C[C@@H]2CC(C)=C12. The minimum atomic E-state index is 1.00. The van der Waals surface area contributed by atoms with E-state index in [0.717, 1.165) is 11.8 Å². The molecule has 2 atom stereocenters. The molecule has 1 fully saturated rings. The normalized spacial score (nSPS) is 39.3. The Kier molecular flexibility index (Phi) is 0.992. The van der Waals surface area contributed by atoms with Crippen LogP contribution in [0.2, 0.25) is 0 Å². The molecule has 0 aliphatic heterocycles. The minimum Gasteiger partial charge on any atom is -0.0730 e. The topological polar surface area (TPSA) is 0 Å². The number of hydrogen-bond acceptors (Lipinski definition) is 0. The van der Waals surface area contributed by atoms with Crippen molar-refractivity contribution in [1.29, 1.82) is 0 Å². The predicted molar refractivity (Wildman–Crippen MR) is 39.2 cm³/mol. The van der Waals surface area contributed by atoms with Gasteiger partial charge >= 0.3 is 0 Å². The zero-order chi connectivity index (χ0) is 6.43. The number of fused-ring (bicyclic) bond motifs is 1. The lowest BCUT2D eigenvalue weighted by atomic mass is 9.57. The van der Waals surface area contributed by atoms with Gasteiger partial charge in [0.2, 0.25) is 0 Å². The Morgan fingerprint density at radius 3 is 2.67 bits per heavy atom. The summed E-state index contributed by atoms with van der Waals surface area (Å²) >= 11 is 0. The van der Waals surface area contributed by atoms with Crippen molar-refractivity contribution in [2.24, 2.45) is 11.8 Å². The summed E-state index contributed by atoms with van der Waals surface area (Å²) in [7, 11) is 0. The fourth-order valence-corrected chi connectivity index (χ4v) is 2.40. The van der Waals surface area contributed by atoms with E-state index in [2.05, 4.69) is 13.8 Å². The van der Waals surface area contributed by atoms with Crippen molar-refractivity contribution in [2.45, 2.75) is 33.1 Å². The summed E-state index contributed by atoms with van der Waals surface area (Å²) in [5.41, 5.74) is 3.54. The average molecular weight is 122 g/mol. The standard InChI is InChI=1S/C9H14/c1-3-7-5-8-4-6(2)9(7)8/h7-8H,3-5H2,1-2H3/t7?,8-/m0/s1. The maximum absolute atomic E-state index is 2.31. The molecule has 0 nitrogen and oxygen atoms in total. The number of hydrogen-bond donors (Lipinski definition) is 0. The van der Waals surface area contributed by atoms with Gasteiger partial charge < -0.3 is 0 Å². The summed E-state index contributed by atoms with van der Waals surface area (Å²) in [6.45, 7) is 4.60. The van der Waals surface area contributed by atoms with E-state index in [1.165, 1.54) is 19.3 Å². The molecule has 0 aromatic rings. The third-order valence-electron chi connectivity index (χ3n) is 2.99. The van der Waals surface area contributed by atoms with Crippen molar-refractivity contribution in [3.63, 3.8) is 0 Å². The molecule has 9 heavy (non-hydrogen) atoms. The molecule has 0 heterocycles. The van der Waals surface area contributed by atoms with Gasteiger partial charge in [-0.25, -0.2) is 0 Å². The van der Waals surface area contributed by atoms with E-state index in [9.17, 15) is 0 Å². The van der Waals surface area contributed by atoms with Gasteiger partial charge in [-0.3, -0.25) is 0 Å². The van der Waals surface area contributed by atoms with E-state index >= 15 is 0 Å². The summed E-state index contributed by atoms with van der Waals surface area (Å²) < 4.78 is 0. The second-order valence-corrected chi connectivity index (χ2v) is 3.48. The summed E-state index contributed by atoms with van der Waals surface area (Å²) in [6, 6.07) is 0. The number of rotatable bonds is 1. The summed E-state index contributed by atoms with van der Waals surface area (Å²) in [5.74, 6) is 2.05. The van der Waals surface area contributed by atoms with Gasteiger partial charge in [0, 0.05) is 0 Å².